The average Bonchev–Trinajstić information content (AvgIpc) is 0.789. The molecule has 628 valence electrons. The van der Waals surface area contributed by atoms with Crippen LogP contribution in [0, 0.1) is 20.2 Å². The molecule has 122 heavy (non-hydrogen) atoms. The molecule has 12 aromatic rings. The van der Waals surface area contributed by atoms with Crippen LogP contribution in [0.1, 0.15) is 104 Å². The molecule has 12 aromatic carbocycles. The van der Waals surface area contributed by atoms with Crippen LogP contribution in [0.5, 0.6) is 34.5 Å². The summed E-state index contributed by atoms with van der Waals surface area (Å²) in [5.74, 6) is -2.77. The molecule has 0 saturated carbocycles. The fourth-order valence-electron chi connectivity index (χ4n) is 11.0. The molecule has 1 atom stereocenters. The van der Waals surface area contributed by atoms with E-state index in [1.54, 1.807) is 213 Å². The molecule has 9 N–H and O–H groups in total. The van der Waals surface area contributed by atoms with Gasteiger partial charge in [-0.1, -0.05) is 135 Å². The zero-order chi connectivity index (χ0) is 88.4. The van der Waals surface area contributed by atoms with Gasteiger partial charge in [0.05, 0.1) is 64.7 Å². The number of nitrogens with one attached hydrogen (secondary N) is 3. The Balaban J connectivity index is 0.000000202. The van der Waals surface area contributed by atoms with Gasteiger partial charge in [-0.3, -0.25) is 57.9 Å². The smallest absolute Gasteiger partial charge is 0.341 e. The Hall–Kier alpha value is -14.6. The van der Waals surface area contributed by atoms with Crippen LogP contribution in [0.2, 0.25) is 0 Å². The van der Waals surface area contributed by atoms with E-state index in [0.717, 1.165) is 42.7 Å². The number of nitrogen functional groups attached to an aromatic ring is 1. The predicted molar refractivity (Wildman–Crippen MR) is 465 cm³/mol. The van der Waals surface area contributed by atoms with Gasteiger partial charge in [-0.05, 0) is 202 Å². The minimum atomic E-state index is -3.70. The zero-order valence-electron chi connectivity index (χ0n) is 66.1. The summed E-state index contributed by atoms with van der Waals surface area (Å²) in [7, 11) is -10.8. The maximum absolute atomic E-state index is 14.5. The second-order valence-electron chi connectivity index (χ2n) is 26.1. The Morgan fingerprint density at radius 3 is 1.20 bits per heavy atom. The number of aliphatic hydroxyl groups is 1. The molecular weight excluding hydrogens is 1630 g/mol. The number of anilines is 2. The fourth-order valence-corrected chi connectivity index (χ4v) is 17.2. The minimum Gasteiger partial charge on any atom is -0.502 e. The van der Waals surface area contributed by atoms with Gasteiger partial charge >= 0.3 is 45.4 Å². The molecule has 0 fully saturated rings. The number of Topliss-reactive ketones (excluding diaryl/α,β-unsaturated/α-hetero) is 1. The van der Waals surface area contributed by atoms with Gasteiger partial charge in [-0.15, -0.1) is 0 Å². The molecule has 29 nitrogen and oxygen atoms in total. The SMILES string of the molecule is CC(=O)c1ccc(OCC(=O)O)cc1.CCCNC(=O)c1ccc(OP(=O)(c2ccccc2)c2ccccc2)c(N)c1.CCCNC(=O)c1ccc(OP(=O)(c2ccccc2)c2ccccc2)c(NC(=O)COc2ccc(C(C)O)cc2)c1.O=C(O)c1ccc(OP(=O)(c2ccccc2)c2ccccc2)c([N+](=O)[O-])c1.O=Cc1ccc(O)c([N+](=O)[O-])c1. The second kappa shape index (κ2) is 45.4. The Morgan fingerprint density at radius 2 is 0.828 bits per heavy atom. The van der Waals surface area contributed by atoms with E-state index in [0.29, 0.717) is 79.4 Å². The molecule has 1 unspecified atom stereocenters. The molecule has 0 aliphatic rings. The van der Waals surface area contributed by atoms with Crippen molar-refractivity contribution in [2.75, 3.05) is 37.4 Å². The molecule has 0 heterocycles. The number of aliphatic carboxylic acids is 1. The highest BCUT2D eigenvalue weighted by Gasteiger charge is 2.35. The van der Waals surface area contributed by atoms with Gasteiger partial charge in [0.2, 0.25) is 5.75 Å². The number of rotatable bonds is 31. The first kappa shape index (κ1) is 92.9. The number of ketones is 1. The summed E-state index contributed by atoms with van der Waals surface area (Å²) in [5.41, 5.74) is 7.49. The zero-order valence-corrected chi connectivity index (χ0v) is 68.8. The average molecular weight is 1710 g/mol. The Bertz CT molecular complexity index is 5620. The number of carbonyl (C=O) groups excluding carboxylic acids is 5. The summed E-state index contributed by atoms with van der Waals surface area (Å²) >= 11 is 0. The van der Waals surface area contributed by atoms with Crippen LogP contribution in [-0.2, 0) is 23.3 Å². The first-order chi connectivity index (χ1) is 58.5. The van der Waals surface area contributed by atoms with Gasteiger partial charge in [0.1, 0.15) is 17.8 Å². The number of amides is 3. The first-order valence-electron chi connectivity index (χ1n) is 37.4. The fraction of sp³-hybridized carbons (Fsp3) is 0.122. The number of carbonyl (C=O) groups is 7. The van der Waals surface area contributed by atoms with E-state index in [1.807, 2.05) is 62.4 Å². The molecule has 0 aliphatic carbocycles. The maximum Gasteiger partial charge on any atom is 0.341 e. The van der Waals surface area contributed by atoms with E-state index >= 15 is 0 Å². The number of aromatic hydroxyl groups is 1. The van der Waals surface area contributed by atoms with E-state index in [2.05, 4.69) is 16.0 Å². The molecule has 0 aliphatic heterocycles. The minimum absolute atomic E-state index is 0.0326. The van der Waals surface area contributed by atoms with E-state index < -0.39 is 73.0 Å². The summed E-state index contributed by atoms with van der Waals surface area (Å²) in [4.78, 5) is 100. The van der Waals surface area contributed by atoms with Crippen LogP contribution in [-0.4, -0.2) is 98.3 Å². The Morgan fingerprint density at radius 1 is 0.459 bits per heavy atom. The van der Waals surface area contributed by atoms with Gasteiger partial charge in [0.15, 0.2) is 36.2 Å². The van der Waals surface area contributed by atoms with E-state index in [4.69, 9.17) is 44.1 Å². The standard InChI is InChI=1S/C32H33N2O6P.C22H23N2O3P.C19H14NO6P.C10H10O4.C7H5NO4/c1-3-20-33-32(37)25-16-19-30(40-41(38,27-10-6-4-7-11-27)28-12-8-5-9-13-28)29(21-25)34-31(36)22-39-26-17-14-24(15-18-26)23(2)35;1-2-15-24-22(25)17-13-14-21(20(23)16-17)27-28(26,18-9-5-3-6-10-18)19-11-7-4-8-12-19;21-19(22)14-11-12-18(17(13-14)20(23)24)26-27(25,15-7-3-1-4-8-15)16-9-5-2-6-10-16;1-7(11)8-2-4-9(5-3-8)14-6-10(12)13;9-4-5-1-2-7(10)6(3-5)8(11)12/h4-19,21,23,35H,3,20,22H2,1-2H3,(H,33,37)(H,34,36);3-14,16H,2,15,23H2,1H3,(H,24,25);1-13H,(H,21,22);2-5H,6H2,1H3,(H,12,13);1-4,10H. The topological polar surface area (TPSA) is 446 Å². The first-order valence-corrected chi connectivity index (χ1v) is 42.3. The number of aldehydes is 1. The van der Waals surface area contributed by atoms with Gasteiger partial charge in [-0.2, -0.15) is 0 Å². The van der Waals surface area contributed by atoms with Crippen LogP contribution in [0.25, 0.3) is 0 Å². The number of hydrogen-bond acceptors (Lipinski definition) is 22. The molecule has 3 amide bonds. The number of aliphatic hydroxyl groups excluding tert-OH is 1. The number of hydrogen-bond donors (Lipinski definition) is 8. The van der Waals surface area contributed by atoms with Crippen LogP contribution in [0.15, 0.2) is 303 Å². The van der Waals surface area contributed by atoms with Crippen molar-refractivity contribution in [2.24, 2.45) is 0 Å². The van der Waals surface area contributed by atoms with Crippen molar-refractivity contribution in [1.29, 1.82) is 0 Å². The Kier molecular flexibility index (Phi) is 34.5. The summed E-state index contributed by atoms with van der Waals surface area (Å²) in [6.45, 7) is 7.45. The van der Waals surface area contributed by atoms with Crippen LogP contribution < -0.4 is 76.6 Å². The van der Waals surface area contributed by atoms with Crippen molar-refractivity contribution in [1.82, 2.24) is 10.6 Å². The highest BCUT2D eigenvalue weighted by Crippen LogP contribution is 2.50. The molecule has 0 radical (unpaired) electrons. The number of nitro groups is 2. The number of nitrogens with zero attached hydrogens (tertiary/aromatic N) is 2. The molecule has 0 spiro atoms. The van der Waals surface area contributed by atoms with Gasteiger partial charge in [0, 0.05) is 47.5 Å². The number of carboxylic acid groups (broad SMARTS) is 2. The maximum atomic E-state index is 14.5. The van der Waals surface area contributed by atoms with Gasteiger partial charge in [0.25, 0.3) is 17.7 Å². The van der Waals surface area contributed by atoms with Crippen molar-refractivity contribution in [3.8, 4) is 34.5 Å². The quantitative estimate of drug-likeness (QED) is 0.00499. The lowest BCUT2D eigenvalue weighted by molar-refractivity contribution is -0.385. The number of phenolic OH excluding ortho intramolecular Hbond substituents is 1. The number of benzene rings is 12. The number of phenols is 1. The highest BCUT2D eigenvalue weighted by molar-refractivity contribution is 7.75. The number of aromatic carboxylic acids is 1. The van der Waals surface area contributed by atoms with Crippen LogP contribution >= 0.6 is 22.1 Å². The van der Waals surface area contributed by atoms with Gasteiger partial charge in [-0.25, -0.2) is 9.59 Å². The lowest BCUT2D eigenvalue weighted by Gasteiger charge is -2.22. The summed E-state index contributed by atoms with van der Waals surface area (Å²) < 4.78 is 70.8. The number of ether oxygens (including phenoxy) is 2. The van der Waals surface area contributed by atoms with Crippen LogP contribution in [0.4, 0.5) is 22.7 Å². The lowest BCUT2D eigenvalue weighted by Crippen LogP contribution is -2.25. The molecule has 0 saturated heterocycles. The van der Waals surface area contributed by atoms with Crippen molar-refractivity contribution >= 4 is 118 Å². The number of nitro benzene ring substituents is 2. The second-order valence-corrected chi connectivity index (χ2v) is 33.1. The van der Waals surface area contributed by atoms with Crippen molar-refractivity contribution in [2.45, 2.75) is 46.6 Å². The monoisotopic (exact) mass is 1710 g/mol. The van der Waals surface area contributed by atoms with Crippen LogP contribution in [0.3, 0.4) is 0 Å². The molecular formula is C90H85N6O23P3. The third kappa shape index (κ3) is 26.4. The third-order valence-corrected chi connectivity index (χ3v) is 24.4. The molecule has 0 bridgehead atoms. The van der Waals surface area contributed by atoms with Crippen molar-refractivity contribution < 1.29 is 101 Å². The number of nitrogens with two attached hydrogens (primary N) is 1. The normalized spacial score (nSPS) is 10.9. The largest absolute Gasteiger partial charge is 0.502 e. The van der Waals surface area contributed by atoms with E-state index in [1.165, 1.54) is 31.2 Å². The third-order valence-electron chi connectivity index (χ3n) is 17.2. The molecule has 0 aromatic heterocycles. The Labute approximate surface area is 701 Å². The molecule has 32 heteroatoms. The predicted octanol–water partition coefficient (Wildman–Crippen LogP) is 15.0. The van der Waals surface area contributed by atoms with Crippen molar-refractivity contribution in [3.05, 3.63) is 357 Å². The summed E-state index contributed by atoms with van der Waals surface area (Å²) in [5, 5.41) is 68.9. The van der Waals surface area contributed by atoms with E-state index in [9.17, 15) is 72.6 Å². The van der Waals surface area contributed by atoms with E-state index in [-0.39, 0.29) is 70.6 Å². The summed E-state index contributed by atoms with van der Waals surface area (Å²) in [6.07, 6.45) is 1.48. The lowest BCUT2D eigenvalue weighted by atomic mass is 10.1. The summed E-state index contributed by atoms with van der Waals surface area (Å²) in [6, 6.07) is 81.6. The van der Waals surface area contributed by atoms with Gasteiger partial charge < -0.3 is 65.2 Å². The van der Waals surface area contributed by atoms with Crippen molar-refractivity contribution in [3.63, 3.8) is 0 Å². The molecule has 12 rings (SSSR count). The number of carboxylic acids is 2. The highest BCUT2D eigenvalue weighted by atomic mass is 31.2.